The summed E-state index contributed by atoms with van der Waals surface area (Å²) >= 11 is 4.76. The molecule has 0 atom stereocenters. The third kappa shape index (κ3) is 3.24. The molecule has 3 N–H and O–H groups in total. The second-order valence-electron chi connectivity index (χ2n) is 4.32. The number of benzene rings is 2. The Morgan fingerprint density at radius 2 is 1.95 bits per heavy atom. The van der Waals surface area contributed by atoms with Crippen molar-refractivity contribution in [3.8, 4) is 5.75 Å². The first-order valence-corrected chi connectivity index (χ1v) is 6.75. The predicted molar refractivity (Wildman–Crippen MR) is 87.2 cm³/mol. The van der Waals surface area contributed by atoms with Crippen molar-refractivity contribution in [3.63, 3.8) is 0 Å². The summed E-state index contributed by atoms with van der Waals surface area (Å²) < 4.78 is 5.22. The average Bonchev–Trinajstić information content (AvgIpc) is 2.47. The van der Waals surface area contributed by atoms with Crippen molar-refractivity contribution >= 4 is 33.8 Å². The molecule has 104 valence electrons. The Balaban J connectivity index is 2.39. The monoisotopic (exact) mass is 287 g/mol. The van der Waals surface area contributed by atoms with Crippen molar-refractivity contribution in [2.75, 3.05) is 7.11 Å². The zero-order valence-electron chi connectivity index (χ0n) is 11.5. The molecule has 0 fully saturated rings. The van der Waals surface area contributed by atoms with Crippen LogP contribution in [0, 0.1) is 0 Å². The van der Waals surface area contributed by atoms with Gasteiger partial charge in [0.15, 0.2) is 5.11 Å². The molecule has 0 amide bonds. The standard InChI is InChI=1S/C15H17N3OS/c1-3-14(17-18-15(16)20)12-5-4-11-9-13(19-2)7-6-10(11)8-12/h4-9H,3H2,1-2H3,(H3,16,18,20)/b17-14+. The Bertz CT molecular complexity index is 667. The van der Waals surface area contributed by atoms with Crippen LogP contribution in [0.4, 0.5) is 0 Å². The molecule has 0 aliphatic heterocycles. The molecule has 2 aromatic carbocycles. The van der Waals surface area contributed by atoms with E-state index >= 15 is 0 Å². The van der Waals surface area contributed by atoms with Gasteiger partial charge in [0.05, 0.1) is 12.8 Å². The summed E-state index contributed by atoms with van der Waals surface area (Å²) in [5.41, 5.74) is 10.00. The van der Waals surface area contributed by atoms with Crippen LogP contribution < -0.4 is 15.9 Å². The van der Waals surface area contributed by atoms with Crippen molar-refractivity contribution in [3.05, 3.63) is 42.0 Å². The van der Waals surface area contributed by atoms with E-state index in [1.54, 1.807) is 7.11 Å². The average molecular weight is 287 g/mol. The number of methoxy groups -OCH3 is 1. The molecular formula is C15H17N3OS. The molecule has 20 heavy (non-hydrogen) atoms. The van der Waals surface area contributed by atoms with Gasteiger partial charge in [0.2, 0.25) is 0 Å². The lowest BCUT2D eigenvalue weighted by molar-refractivity contribution is 0.415. The summed E-state index contributed by atoms with van der Waals surface area (Å²) in [6.07, 6.45) is 0.789. The number of fused-ring (bicyclic) bond motifs is 1. The number of thiocarbonyl (C=S) groups is 1. The zero-order valence-corrected chi connectivity index (χ0v) is 12.3. The molecular weight excluding hydrogens is 270 g/mol. The van der Waals surface area contributed by atoms with Gasteiger partial charge in [-0.05, 0) is 53.2 Å². The minimum atomic E-state index is 0.168. The van der Waals surface area contributed by atoms with Gasteiger partial charge < -0.3 is 10.5 Å². The molecule has 0 saturated carbocycles. The van der Waals surface area contributed by atoms with Gasteiger partial charge in [0.1, 0.15) is 5.75 Å². The van der Waals surface area contributed by atoms with Gasteiger partial charge in [0, 0.05) is 0 Å². The van der Waals surface area contributed by atoms with Crippen molar-refractivity contribution in [1.29, 1.82) is 0 Å². The Kier molecular flexibility index (Phi) is 4.53. The molecule has 0 aromatic heterocycles. The molecule has 2 rings (SSSR count). The van der Waals surface area contributed by atoms with E-state index in [-0.39, 0.29) is 5.11 Å². The summed E-state index contributed by atoms with van der Waals surface area (Å²) in [5.74, 6) is 0.852. The van der Waals surface area contributed by atoms with Gasteiger partial charge in [-0.1, -0.05) is 25.1 Å². The van der Waals surface area contributed by atoms with E-state index in [1.165, 1.54) is 0 Å². The minimum absolute atomic E-state index is 0.168. The molecule has 5 heteroatoms. The molecule has 0 heterocycles. The SMILES string of the molecule is CC/C(=N\NC(N)=S)c1ccc2cc(OC)ccc2c1. The van der Waals surface area contributed by atoms with Crippen molar-refractivity contribution in [2.24, 2.45) is 10.8 Å². The molecule has 0 unspecified atom stereocenters. The lowest BCUT2D eigenvalue weighted by Gasteiger charge is -2.07. The number of ether oxygens (including phenoxy) is 1. The van der Waals surface area contributed by atoms with Crippen LogP contribution in [0.3, 0.4) is 0 Å². The quantitative estimate of drug-likeness (QED) is 0.516. The largest absolute Gasteiger partial charge is 0.497 e. The fraction of sp³-hybridized carbons (Fsp3) is 0.200. The molecule has 0 aliphatic rings. The summed E-state index contributed by atoms with van der Waals surface area (Å²) in [5, 5.41) is 6.67. The lowest BCUT2D eigenvalue weighted by atomic mass is 10.0. The zero-order chi connectivity index (χ0) is 14.5. The van der Waals surface area contributed by atoms with E-state index in [0.717, 1.165) is 34.2 Å². The predicted octanol–water partition coefficient (Wildman–Crippen LogP) is 2.80. The van der Waals surface area contributed by atoms with Gasteiger partial charge in [-0.2, -0.15) is 5.10 Å². The highest BCUT2D eigenvalue weighted by atomic mass is 32.1. The molecule has 0 bridgehead atoms. The number of hydrogen-bond acceptors (Lipinski definition) is 3. The second-order valence-corrected chi connectivity index (χ2v) is 4.76. The topological polar surface area (TPSA) is 59.6 Å². The van der Waals surface area contributed by atoms with E-state index in [9.17, 15) is 0 Å². The van der Waals surface area contributed by atoms with Crippen LogP contribution in [0.15, 0.2) is 41.5 Å². The van der Waals surface area contributed by atoms with Crippen molar-refractivity contribution in [1.82, 2.24) is 5.43 Å². The normalized spacial score (nSPS) is 11.4. The van der Waals surface area contributed by atoms with Gasteiger partial charge in [-0.15, -0.1) is 0 Å². The molecule has 2 aromatic rings. The third-order valence-corrected chi connectivity index (χ3v) is 3.11. The van der Waals surface area contributed by atoms with E-state index in [1.807, 2.05) is 31.2 Å². The molecule has 0 saturated heterocycles. The molecule has 0 aliphatic carbocycles. The Labute approximate surface area is 123 Å². The highest BCUT2D eigenvalue weighted by Crippen LogP contribution is 2.22. The van der Waals surface area contributed by atoms with Crippen LogP contribution in [0.5, 0.6) is 5.75 Å². The van der Waals surface area contributed by atoms with Gasteiger partial charge in [-0.3, -0.25) is 5.43 Å². The first-order chi connectivity index (χ1) is 9.63. The summed E-state index contributed by atoms with van der Waals surface area (Å²) in [7, 11) is 1.67. The maximum Gasteiger partial charge on any atom is 0.184 e. The fourth-order valence-corrected chi connectivity index (χ4v) is 2.05. The first-order valence-electron chi connectivity index (χ1n) is 6.34. The summed E-state index contributed by atoms with van der Waals surface area (Å²) in [4.78, 5) is 0. The van der Waals surface area contributed by atoms with Crippen LogP contribution in [0.2, 0.25) is 0 Å². The number of nitrogens with zero attached hydrogens (tertiary/aromatic N) is 1. The number of hydrogen-bond donors (Lipinski definition) is 2. The number of hydrazone groups is 1. The van der Waals surface area contributed by atoms with Crippen LogP contribution in [0.25, 0.3) is 10.8 Å². The van der Waals surface area contributed by atoms with Crippen LogP contribution in [-0.4, -0.2) is 17.9 Å². The summed E-state index contributed by atoms with van der Waals surface area (Å²) in [6.45, 7) is 2.04. The minimum Gasteiger partial charge on any atom is -0.497 e. The Morgan fingerprint density at radius 1 is 1.25 bits per heavy atom. The first kappa shape index (κ1) is 14.3. The highest BCUT2D eigenvalue weighted by Gasteiger charge is 2.04. The van der Waals surface area contributed by atoms with Crippen LogP contribution in [0.1, 0.15) is 18.9 Å². The van der Waals surface area contributed by atoms with Crippen molar-refractivity contribution in [2.45, 2.75) is 13.3 Å². The maximum absolute atomic E-state index is 5.40. The Morgan fingerprint density at radius 3 is 2.60 bits per heavy atom. The van der Waals surface area contributed by atoms with Gasteiger partial charge in [0.25, 0.3) is 0 Å². The van der Waals surface area contributed by atoms with Gasteiger partial charge in [-0.25, -0.2) is 0 Å². The second kappa shape index (κ2) is 6.34. The number of nitrogens with two attached hydrogens (primary N) is 1. The number of nitrogens with one attached hydrogen (secondary N) is 1. The van der Waals surface area contributed by atoms with E-state index in [0.29, 0.717) is 0 Å². The van der Waals surface area contributed by atoms with Crippen molar-refractivity contribution < 1.29 is 4.74 Å². The van der Waals surface area contributed by atoms with E-state index < -0.39 is 0 Å². The van der Waals surface area contributed by atoms with E-state index in [4.69, 9.17) is 22.7 Å². The maximum atomic E-state index is 5.40. The molecule has 0 spiro atoms. The van der Waals surface area contributed by atoms with Gasteiger partial charge >= 0.3 is 0 Å². The molecule has 4 nitrogen and oxygen atoms in total. The van der Waals surface area contributed by atoms with Crippen LogP contribution in [-0.2, 0) is 0 Å². The lowest BCUT2D eigenvalue weighted by Crippen LogP contribution is -2.25. The highest BCUT2D eigenvalue weighted by molar-refractivity contribution is 7.80. The van der Waals surface area contributed by atoms with Crippen LogP contribution >= 0.6 is 12.2 Å². The molecule has 0 radical (unpaired) electrons. The Hall–Kier alpha value is -2.14. The smallest absolute Gasteiger partial charge is 0.184 e. The van der Waals surface area contributed by atoms with E-state index in [2.05, 4.69) is 22.7 Å². The third-order valence-electron chi connectivity index (χ3n) is 3.02. The fourth-order valence-electron chi connectivity index (χ4n) is 2.00. The summed E-state index contributed by atoms with van der Waals surface area (Å²) in [6, 6.07) is 12.2. The number of rotatable bonds is 4.